The summed E-state index contributed by atoms with van der Waals surface area (Å²) in [7, 11) is 3.35. The highest BCUT2D eigenvalue weighted by molar-refractivity contribution is 5.82. The molecule has 1 aromatic carbocycles. The molecule has 0 aliphatic carbocycles. The minimum Gasteiger partial charge on any atom is -0.289 e. The molecule has 0 heterocycles. The molecule has 0 bridgehead atoms. The highest BCUT2D eigenvalue weighted by Crippen LogP contribution is 2.18. The molecule has 1 rings (SSSR count). The van der Waals surface area contributed by atoms with Gasteiger partial charge in [0.15, 0.2) is 11.6 Å². The summed E-state index contributed by atoms with van der Waals surface area (Å²) < 4.78 is 25.6. The molecule has 0 spiro atoms. The molecule has 0 aliphatic rings. The average Bonchev–Trinajstić information content (AvgIpc) is 2.20. The van der Waals surface area contributed by atoms with E-state index in [1.54, 1.807) is 21.0 Å². The number of nitrogens with zero attached hydrogens (tertiary/aromatic N) is 1. The summed E-state index contributed by atoms with van der Waals surface area (Å²) in [4.78, 5) is 11.6. The number of rotatable bonds is 3. The maximum Gasteiger partial charge on any atom is 0.241 e. The summed E-state index contributed by atoms with van der Waals surface area (Å²) in [5, 5.41) is 1.50. The number of nitrogens with one attached hydrogen (secondary N) is 1. The molecule has 1 atom stereocenters. The minimum atomic E-state index is -0.943. The maximum absolute atomic E-state index is 12.9. The molecule has 0 radical (unpaired) electrons. The van der Waals surface area contributed by atoms with E-state index in [4.69, 9.17) is 0 Å². The molecule has 3 nitrogen and oxygen atoms in total. The van der Waals surface area contributed by atoms with Crippen LogP contribution in [0.5, 0.6) is 0 Å². The first-order valence-electron chi connectivity index (χ1n) is 4.84. The molecule has 1 unspecified atom stereocenters. The van der Waals surface area contributed by atoms with Crippen LogP contribution in [0.2, 0.25) is 0 Å². The topological polar surface area (TPSA) is 32.3 Å². The molecule has 0 aliphatic heterocycles. The number of hydrazine groups is 1. The van der Waals surface area contributed by atoms with Crippen LogP contribution in [0.3, 0.4) is 0 Å². The number of carbonyl (C=O) groups is 1. The van der Waals surface area contributed by atoms with Crippen LogP contribution in [0.4, 0.5) is 8.78 Å². The second-order valence-electron chi connectivity index (χ2n) is 3.77. The van der Waals surface area contributed by atoms with Crippen molar-refractivity contribution in [3.05, 3.63) is 35.4 Å². The lowest BCUT2D eigenvalue weighted by atomic mass is 10.0. The Morgan fingerprint density at radius 2 is 1.94 bits per heavy atom. The third-order valence-corrected chi connectivity index (χ3v) is 2.17. The summed E-state index contributed by atoms with van der Waals surface area (Å²) in [6.45, 7) is 1.63. The SMILES string of the molecule is CC(C(=O)NN(C)C)c1ccc(F)c(F)c1. The quantitative estimate of drug-likeness (QED) is 0.798. The second-order valence-corrected chi connectivity index (χ2v) is 3.77. The highest BCUT2D eigenvalue weighted by atomic mass is 19.2. The lowest BCUT2D eigenvalue weighted by molar-refractivity contribution is -0.125. The molecule has 88 valence electrons. The highest BCUT2D eigenvalue weighted by Gasteiger charge is 2.17. The van der Waals surface area contributed by atoms with Crippen LogP contribution >= 0.6 is 0 Å². The van der Waals surface area contributed by atoms with Gasteiger partial charge in [-0.3, -0.25) is 10.2 Å². The Kier molecular flexibility index (Phi) is 3.95. The molecular formula is C11H14F2N2O. The van der Waals surface area contributed by atoms with E-state index in [0.29, 0.717) is 5.56 Å². The van der Waals surface area contributed by atoms with E-state index >= 15 is 0 Å². The van der Waals surface area contributed by atoms with Crippen LogP contribution in [0.1, 0.15) is 18.4 Å². The van der Waals surface area contributed by atoms with Gasteiger partial charge in [0.1, 0.15) is 0 Å². The van der Waals surface area contributed by atoms with Crippen molar-refractivity contribution in [3.63, 3.8) is 0 Å². The number of amides is 1. The van der Waals surface area contributed by atoms with E-state index < -0.39 is 17.6 Å². The van der Waals surface area contributed by atoms with Crippen LogP contribution in [0.25, 0.3) is 0 Å². The normalized spacial score (nSPS) is 12.6. The fourth-order valence-electron chi connectivity index (χ4n) is 1.25. The van der Waals surface area contributed by atoms with Gasteiger partial charge in [-0.15, -0.1) is 0 Å². The Hall–Kier alpha value is -1.49. The molecule has 16 heavy (non-hydrogen) atoms. The van der Waals surface area contributed by atoms with Gasteiger partial charge in [0.2, 0.25) is 5.91 Å². The van der Waals surface area contributed by atoms with E-state index in [-0.39, 0.29) is 5.91 Å². The van der Waals surface area contributed by atoms with Gasteiger partial charge < -0.3 is 0 Å². The summed E-state index contributed by atoms with van der Waals surface area (Å²) in [6, 6.07) is 3.46. The van der Waals surface area contributed by atoms with Crippen LogP contribution in [0, 0.1) is 11.6 Å². The predicted octanol–water partition coefficient (Wildman–Crippen LogP) is 1.66. The summed E-state index contributed by atoms with van der Waals surface area (Å²) in [5.74, 6) is -2.65. The summed E-state index contributed by atoms with van der Waals surface area (Å²) in [6.07, 6.45) is 0. The van der Waals surface area contributed by atoms with Crippen molar-refractivity contribution in [3.8, 4) is 0 Å². The van der Waals surface area contributed by atoms with Gasteiger partial charge in [-0.25, -0.2) is 13.8 Å². The first-order chi connectivity index (χ1) is 7.41. The van der Waals surface area contributed by atoms with Gasteiger partial charge in [-0.1, -0.05) is 6.07 Å². The zero-order chi connectivity index (χ0) is 12.3. The van der Waals surface area contributed by atoms with Gasteiger partial charge in [0.05, 0.1) is 5.92 Å². The Bertz CT molecular complexity index is 394. The van der Waals surface area contributed by atoms with Crippen LogP contribution in [-0.2, 0) is 4.79 Å². The maximum atomic E-state index is 12.9. The van der Waals surface area contributed by atoms with Crippen molar-refractivity contribution in [2.75, 3.05) is 14.1 Å². The zero-order valence-corrected chi connectivity index (χ0v) is 9.42. The van der Waals surface area contributed by atoms with Crippen molar-refractivity contribution in [1.29, 1.82) is 0 Å². The van der Waals surface area contributed by atoms with Gasteiger partial charge in [0, 0.05) is 14.1 Å². The number of benzene rings is 1. The van der Waals surface area contributed by atoms with E-state index in [0.717, 1.165) is 12.1 Å². The van der Waals surface area contributed by atoms with Crippen LogP contribution < -0.4 is 5.43 Å². The van der Waals surface area contributed by atoms with Gasteiger partial charge in [-0.05, 0) is 24.6 Å². The minimum absolute atomic E-state index is 0.268. The lowest BCUT2D eigenvalue weighted by Crippen LogP contribution is -2.38. The third-order valence-electron chi connectivity index (χ3n) is 2.17. The van der Waals surface area contributed by atoms with Crippen LogP contribution in [-0.4, -0.2) is 25.0 Å². The lowest BCUT2D eigenvalue weighted by Gasteiger charge is -2.16. The fraction of sp³-hybridized carbons (Fsp3) is 0.364. The molecule has 0 aromatic heterocycles. The van der Waals surface area contributed by atoms with Crippen molar-refractivity contribution >= 4 is 5.91 Å². The summed E-state index contributed by atoms with van der Waals surface area (Å²) in [5.41, 5.74) is 3.00. The van der Waals surface area contributed by atoms with Crippen molar-refractivity contribution in [1.82, 2.24) is 10.4 Å². The van der Waals surface area contributed by atoms with Gasteiger partial charge >= 0.3 is 0 Å². The smallest absolute Gasteiger partial charge is 0.241 e. The molecule has 0 saturated carbocycles. The Labute approximate surface area is 93.0 Å². The first kappa shape index (κ1) is 12.6. The third kappa shape index (κ3) is 3.00. The molecule has 1 amide bonds. The van der Waals surface area contributed by atoms with E-state index in [1.165, 1.54) is 11.1 Å². The standard InChI is InChI=1S/C11H14F2N2O/c1-7(11(16)14-15(2)3)8-4-5-9(12)10(13)6-8/h4-7H,1-3H3,(H,14,16). The Morgan fingerprint density at radius 3 is 2.44 bits per heavy atom. The Balaban J connectivity index is 2.83. The van der Waals surface area contributed by atoms with Gasteiger partial charge in [0.25, 0.3) is 0 Å². The second kappa shape index (κ2) is 5.03. The summed E-state index contributed by atoms with van der Waals surface area (Å²) >= 11 is 0. The zero-order valence-electron chi connectivity index (χ0n) is 9.42. The van der Waals surface area contributed by atoms with E-state index in [9.17, 15) is 13.6 Å². The number of hydrogen-bond donors (Lipinski definition) is 1. The van der Waals surface area contributed by atoms with Gasteiger partial charge in [-0.2, -0.15) is 0 Å². The van der Waals surface area contributed by atoms with E-state index in [2.05, 4.69) is 5.43 Å². The predicted molar refractivity (Wildman–Crippen MR) is 56.6 cm³/mol. The molecule has 1 aromatic rings. The molecule has 0 fully saturated rings. The molecular weight excluding hydrogens is 214 g/mol. The first-order valence-corrected chi connectivity index (χ1v) is 4.84. The average molecular weight is 228 g/mol. The Morgan fingerprint density at radius 1 is 1.31 bits per heavy atom. The molecule has 0 saturated heterocycles. The molecule has 5 heteroatoms. The van der Waals surface area contributed by atoms with Crippen molar-refractivity contribution in [2.45, 2.75) is 12.8 Å². The van der Waals surface area contributed by atoms with E-state index in [1.807, 2.05) is 0 Å². The number of hydrogen-bond acceptors (Lipinski definition) is 2. The van der Waals surface area contributed by atoms with Crippen LogP contribution in [0.15, 0.2) is 18.2 Å². The number of carbonyl (C=O) groups excluding carboxylic acids is 1. The van der Waals surface area contributed by atoms with Crippen molar-refractivity contribution in [2.24, 2.45) is 0 Å². The monoisotopic (exact) mass is 228 g/mol. The largest absolute Gasteiger partial charge is 0.289 e. The fourth-order valence-corrected chi connectivity index (χ4v) is 1.25. The van der Waals surface area contributed by atoms with Crippen molar-refractivity contribution < 1.29 is 13.6 Å². The number of halogens is 2. The molecule has 1 N–H and O–H groups in total.